The van der Waals surface area contributed by atoms with E-state index in [4.69, 9.17) is 0 Å². The number of alkyl halides is 3. The summed E-state index contributed by atoms with van der Waals surface area (Å²) in [6.07, 6.45) is -5.14. The minimum absolute atomic E-state index is 0.0167. The van der Waals surface area contributed by atoms with Crippen molar-refractivity contribution in [2.24, 2.45) is 0 Å². The fraction of sp³-hybridized carbons (Fsp3) is 0.500. The van der Waals surface area contributed by atoms with Crippen molar-refractivity contribution in [1.82, 2.24) is 4.90 Å². The number of benzene rings is 1. The third-order valence-corrected chi connectivity index (χ3v) is 4.91. The van der Waals surface area contributed by atoms with Crippen LogP contribution in [0.5, 0.6) is 0 Å². The summed E-state index contributed by atoms with van der Waals surface area (Å²) in [5.41, 5.74) is 0.643. The van der Waals surface area contributed by atoms with Gasteiger partial charge in [0.2, 0.25) is 0 Å². The first-order valence-corrected chi connectivity index (χ1v) is 7.61. The Kier molecular flexibility index (Phi) is 3.54. The number of amides is 1. The summed E-state index contributed by atoms with van der Waals surface area (Å²) in [7, 11) is 0. The van der Waals surface area contributed by atoms with Gasteiger partial charge in [0.25, 0.3) is 0 Å². The molecule has 2 heterocycles. The molecule has 3 rings (SSSR count). The van der Waals surface area contributed by atoms with Crippen LogP contribution in [-0.2, 0) is 12.6 Å². The van der Waals surface area contributed by atoms with Crippen LogP contribution in [0.2, 0.25) is 0 Å². The Labute approximate surface area is 133 Å². The molecule has 1 fully saturated rings. The number of carboxylic acid groups (broad SMARTS) is 1. The third kappa shape index (κ3) is 2.43. The topological polar surface area (TPSA) is 46.6 Å². The molecule has 0 aromatic heterocycles. The lowest BCUT2D eigenvalue weighted by molar-refractivity contribution is -0.266. The van der Waals surface area contributed by atoms with Crippen molar-refractivity contribution in [3.05, 3.63) is 27.7 Å². The van der Waals surface area contributed by atoms with Gasteiger partial charge in [-0.15, -0.1) is 0 Å². The predicted octanol–water partition coefficient (Wildman–Crippen LogP) is 2.25. The lowest BCUT2D eigenvalue weighted by Gasteiger charge is -2.45. The molecule has 0 unspecified atom stereocenters. The van der Waals surface area contributed by atoms with Gasteiger partial charge in [-0.3, -0.25) is 0 Å². The van der Waals surface area contributed by atoms with Crippen LogP contribution in [0.15, 0.2) is 16.6 Å². The number of carbonyl (C=O) groups excluding carboxylic acids is 1. The standard InChI is InChI=1S/C14H14BrF3N2O2/c1-7-5-19(13(21)22)6-9-2-8-3-11(15)10(14(16,17)18)4-12(8)20(7)9/h3-4,7,9H,2,5-6H2,1H3,(H,21,22)/p-1/t7-,9+/m1/s1. The first kappa shape index (κ1) is 15.5. The number of piperazine rings is 1. The highest BCUT2D eigenvalue weighted by Crippen LogP contribution is 2.43. The molecule has 2 aliphatic rings. The molecule has 1 aromatic carbocycles. The van der Waals surface area contributed by atoms with Gasteiger partial charge in [0.15, 0.2) is 0 Å². The molecule has 1 aromatic rings. The van der Waals surface area contributed by atoms with Crippen molar-refractivity contribution >= 4 is 27.7 Å². The van der Waals surface area contributed by atoms with Gasteiger partial charge in [-0.2, -0.15) is 13.2 Å². The van der Waals surface area contributed by atoms with Gasteiger partial charge in [0, 0.05) is 29.3 Å². The van der Waals surface area contributed by atoms with Crippen molar-refractivity contribution < 1.29 is 23.1 Å². The average molecular weight is 378 g/mol. The first-order chi connectivity index (χ1) is 10.2. The summed E-state index contributed by atoms with van der Waals surface area (Å²) in [6, 6.07) is 2.31. The van der Waals surface area contributed by atoms with Gasteiger partial charge in [-0.1, -0.05) is 15.9 Å². The summed E-state index contributed by atoms with van der Waals surface area (Å²) in [5, 5.41) is 11.0. The second kappa shape index (κ2) is 5.04. The quantitative estimate of drug-likeness (QED) is 0.696. The lowest BCUT2D eigenvalue weighted by atomic mass is 10.1. The molecular weight excluding hydrogens is 365 g/mol. The molecule has 22 heavy (non-hydrogen) atoms. The van der Waals surface area contributed by atoms with Gasteiger partial charge in [-0.05, 0) is 31.0 Å². The molecular formula is C14H13BrF3N2O2-. The van der Waals surface area contributed by atoms with Crippen molar-refractivity contribution in [3.63, 3.8) is 0 Å². The predicted molar refractivity (Wildman–Crippen MR) is 75.5 cm³/mol. The molecule has 0 aliphatic carbocycles. The molecule has 1 amide bonds. The van der Waals surface area contributed by atoms with E-state index in [9.17, 15) is 23.1 Å². The summed E-state index contributed by atoms with van der Waals surface area (Å²) in [4.78, 5) is 14.2. The fourth-order valence-electron chi connectivity index (χ4n) is 3.41. The Morgan fingerprint density at radius 1 is 1.36 bits per heavy atom. The van der Waals surface area contributed by atoms with E-state index >= 15 is 0 Å². The molecule has 2 aliphatic heterocycles. The van der Waals surface area contributed by atoms with E-state index in [0.717, 1.165) is 11.6 Å². The molecule has 120 valence electrons. The normalized spacial score (nSPS) is 24.2. The number of nitrogens with zero attached hydrogens (tertiary/aromatic N) is 2. The van der Waals surface area contributed by atoms with E-state index in [0.29, 0.717) is 12.1 Å². The summed E-state index contributed by atoms with van der Waals surface area (Å²) < 4.78 is 39.2. The zero-order valence-corrected chi connectivity index (χ0v) is 13.2. The molecule has 0 spiro atoms. The Hall–Kier alpha value is -1.44. The third-order valence-electron chi connectivity index (χ3n) is 4.25. The van der Waals surface area contributed by atoms with Gasteiger partial charge in [-0.25, -0.2) is 0 Å². The van der Waals surface area contributed by atoms with E-state index < -0.39 is 17.8 Å². The van der Waals surface area contributed by atoms with Crippen LogP contribution < -0.4 is 10.0 Å². The number of hydrogen-bond acceptors (Lipinski definition) is 3. The number of rotatable bonds is 0. The number of anilines is 1. The molecule has 0 bridgehead atoms. The van der Waals surface area contributed by atoms with E-state index in [1.54, 1.807) is 0 Å². The highest BCUT2D eigenvalue weighted by molar-refractivity contribution is 9.10. The SMILES string of the molecule is C[C@@H]1CN(C(=O)[O-])C[C@@H]2Cc3cc(Br)c(C(F)(F)F)cc3N21. The van der Waals surface area contributed by atoms with E-state index in [-0.39, 0.29) is 29.6 Å². The second-order valence-electron chi connectivity index (χ2n) is 5.74. The number of fused-ring (bicyclic) bond motifs is 3. The Balaban J connectivity index is 1.99. The smallest absolute Gasteiger partial charge is 0.417 e. The second-order valence-corrected chi connectivity index (χ2v) is 6.60. The zero-order chi connectivity index (χ0) is 16.2. The Morgan fingerprint density at radius 3 is 2.64 bits per heavy atom. The van der Waals surface area contributed by atoms with Crippen LogP contribution in [0.25, 0.3) is 0 Å². The minimum Gasteiger partial charge on any atom is -0.530 e. The van der Waals surface area contributed by atoms with Gasteiger partial charge >= 0.3 is 6.18 Å². The van der Waals surface area contributed by atoms with Gasteiger partial charge in [0.1, 0.15) is 6.09 Å². The largest absolute Gasteiger partial charge is 0.530 e. The monoisotopic (exact) mass is 377 g/mol. The maximum absolute atomic E-state index is 13.1. The summed E-state index contributed by atoms with van der Waals surface area (Å²) in [6.45, 7) is 2.29. The van der Waals surface area contributed by atoms with E-state index in [2.05, 4.69) is 15.9 Å². The van der Waals surface area contributed by atoms with E-state index in [1.807, 2.05) is 11.8 Å². The molecule has 0 N–H and O–H groups in total. The van der Waals surface area contributed by atoms with Crippen molar-refractivity contribution in [2.75, 3.05) is 18.0 Å². The van der Waals surface area contributed by atoms with Crippen molar-refractivity contribution in [3.8, 4) is 0 Å². The molecule has 0 radical (unpaired) electrons. The highest BCUT2D eigenvalue weighted by Gasteiger charge is 2.41. The van der Waals surface area contributed by atoms with Gasteiger partial charge < -0.3 is 19.7 Å². The van der Waals surface area contributed by atoms with Crippen LogP contribution in [0.1, 0.15) is 18.1 Å². The van der Waals surface area contributed by atoms with Crippen LogP contribution in [0, 0.1) is 0 Å². The van der Waals surface area contributed by atoms with Crippen molar-refractivity contribution in [2.45, 2.75) is 31.6 Å². The maximum Gasteiger partial charge on any atom is 0.417 e. The lowest BCUT2D eigenvalue weighted by Crippen LogP contribution is -2.60. The fourth-order valence-corrected chi connectivity index (χ4v) is 4.02. The summed E-state index contributed by atoms with van der Waals surface area (Å²) >= 11 is 2.98. The minimum atomic E-state index is -4.43. The van der Waals surface area contributed by atoms with Crippen LogP contribution in [0.3, 0.4) is 0 Å². The highest BCUT2D eigenvalue weighted by atomic mass is 79.9. The molecule has 0 saturated carbocycles. The maximum atomic E-state index is 13.1. The molecule has 2 atom stereocenters. The number of carbonyl (C=O) groups is 1. The number of halogens is 4. The molecule has 8 heteroatoms. The van der Waals surface area contributed by atoms with Crippen LogP contribution in [0.4, 0.5) is 23.7 Å². The average Bonchev–Trinajstić information content (AvgIpc) is 2.73. The number of hydrogen-bond donors (Lipinski definition) is 0. The van der Waals surface area contributed by atoms with E-state index in [1.165, 1.54) is 11.0 Å². The zero-order valence-electron chi connectivity index (χ0n) is 11.7. The van der Waals surface area contributed by atoms with Gasteiger partial charge in [0.05, 0.1) is 11.6 Å². The Morgan fingerprint density at radius 2 is 2.05 bits per heavy atom. The molecule has 4 nitrogen and oxygen atoms in total. The van der Waals surface area contributed by atoms with Crippen molar-refractivity contribution in [1.29, 1.82) is 0 Å². The first-order valence-electron chi connectivity index (χ1n) is 6.82. The van der Waals surface area contributed by atoms with Crippen LogP contribution in [-0.4, -0.2) is 36.2 Å². The summed E-state index contributed by atoms with van der Waals surface area (Å²) in [5.74, 6) is 0. The Bertz CT molecular complexity index is 635. The van der Waals surface area contributed by atoms with Crippen LogP contribution >= 0.6 is 15.9 Å². The molecule has 1 saturated heterocycles.